The van der Waals surface area contributed by atoms with E-state index in [1.165, 1.54) is 18.4 Å². The summed E-state index contributed by atoms with van der Waals surface area (Å²) in [6.45, 7) is 8.19. The largest absolute Gasteiger partial charge is 0.497 e. The van der Waals surface area contributed by atoms with Crippen molar-refractivity contribution >= 4 is 0 Å². The van der Waals surface area contributed by atoms with Crippen LogP contribution < -0.4 is 10.1 Å². The molecule has 1 aromatic rings. The van der Waals surface area contributed by atoms with Crippen LogP contribution in [0.4, 0.5) is 0 Å². The van der Waals surface area contributed by atoms with Gasteiger partial charge in [-0.25, -0.2) is 0 Å². The van der Waals surface area contributed by atoms with Crippen LogP contribution in [-0.2, 0) is 4.74 Å². The van der Waals surface area contributed by atoms with Gasteiger partial charge in [-0.3, -0.25) is 0 Å². The molecule has 0 bridgehead atoms. The molecule has 1 aromatic carbocycles. The Bertz CT molecular complexity index is 349. The second-order valence-corrected chi connectivity index (χ2v) is 5.40. The van der Waals surface area contributed by atoms with E-state index in [1.807, 2.05) is 12.1 Å². The molecule has 0 radical (unpaired) electrons. The van der Waals surface area contributed by atoms with Crippen molar-refractivity contribution in [2.24, 2.45) is 0 Å². The van der Waals surface area contributed by atoms with Gasteiger partial charge in [-0.15, -0.1) is 0 Å². The van der Waals surface area contributed by atoms with Crippen LogP contribution in [0.1, 0.15) is 51.7 Å². The Morgan fingerprint density at radius 3 is 2.35 bits per heavy atom. The molecule has 3 nitrogen and oxygen atoms in total. The Kier molecular flexibility index (Phi) is 8.31. The molecule has 1 atom stereocenters. The molecule has 114 valence electrons. The number of ether oxygens (including phenoxy) is 2. The van der Waals surface area contributed by atoms with Crippen molar-refractivity contribution < 1.29 is 9.47 Å². The molecule has 0 aliphatic carbocycles. The van der Waals surface area contributed by atoms with E-state index in [-0.39, 0.29) is 6.10 Å². The van der Waals surface area contributed by atoms with Crippen LogP contribution in [-0.4, -0.2) is 26.3 Å². The third kappa shape index (κ3) is 6.40. The maximum absolute atomic E-state index is 6.05. The highest BCUT2D eigenvalue weighted by atomic mass is 16.5. The van der Waals surface area contributed by atoms with E-state index >= 15 is 0 Å². The summed E-state index contributed by atoms with van der Waals surface area (Å²) in [6.07, 6.45) is 3.69. The number of rotatable bonds is 10. The van der Waals surface area contributed by atoms with Crippen molar-refractivity contribution in [2.75, 3.05) is 20.3 Å². The lowest BCUT2D eigenvalue weighted by molar-refractivity contribution is 0.0487. The first-order chi connectivity index (χ1) is 9.67. The molecular weight excluding hydrogens is 250 g/mol. The van der Waals surface area contributed by atoms with Crippen LogP contribution in [0.15, 0.2) is 24.3 Å². The molecular formula is C17H29NO2. The quantitative estimate of drug-likeness (QED) is 0.658. The van der Waals surface area contributed by atoms with E-state index in [2.05, 4.69) is 38.2 Å². The van der Waals surface area contributed by atoms with Gasteiger partial charge in [-0.1, -0.05) is 45.7 Å². The second kappa shape index (κ2) is 9.78. The average molecular weight is 279 g/mol. The minimum absolute atomic E-state index is 0.111. The highest BCUT2D eigenvalue weighted by Gasteiger charge is 2.12. The first kappa shape index (κ1) is 17.0. The van der Waals surface area contributed by atoms with Gasteiger partial charge >= 0.3 is 0 Å². The molecule has 3 heteroatoms. The standard InChI is InChI=1S/C17H29NO2/c1-5-6-7-12-20-17(13-18-14(2)3)15-8-10-16(19-4)11-9-15/h8-11,14,17-18H,5-7,12-13H2,1-4H3. The number of hydrogen-bond acceptors (Lipinski definition) is 3. The van der Waals surface area contributed by atoms with E-state index in [9.17, 15) is 0 Å². The predicted molar refractivity (Wildman–Crippen MR) is 84.4 cm³/mol. The molecule has 0 fully saturated rings. The Balaban J connectivity index is 2.58. The van der Waals surface area contributed by atoms with Gasteiger partial charge in [-0.2, -0.15) is 0 Å². The zero-order valence-electron chi connectivity index (χ0n) is 13.3. The molecule has 0 saturated carbocycles. The third-order valence-electron chi connectivity index (χ3n) is 3.27. The highest BCUT2D eigenvalue weighted by molar-refractivity contribution is 5.28. The smallest absolute Gasteiger partial charge is 0.118 e. The number of hydrogen-bond donors (Lipinski definition) is 1. The van der Waals surface area contributed by atoms with Gasteiger partial charge < -0.3 is 14.8 Å². The molecule has 0 aliphatic heterocycles. The molecule has 0 aliphatic rings. The first-order valence-electron chi connectivity index (χ1n) is 7.66. The molecule has 0 saturated heterocycles. The summed E-state index contributed by atoms with van der Waals surface area (Å²) in [5.74, 6) is 0.885. The maximum atomic E-state index is 6.05. The molecule has 20 heavy (non-hydrogen) atoms. The minimum atomic E-state index is 0.111. The van der Waals surface area contributed by atoms with Crippen LogP contribution >= 0.6 is 0 Å². The van der Waals surface area contributed by atoms with Gasteiger partial charge in [0.25, 0.3) is 0 Å². The Labute approximate surface area is 123 Å². The van der Waals surface area contributed by atoms with Gasteiger partial charge in [0.05, 0.1) is 13.2 Å². The van der Waals surface area contributed by atoms with Crippen LogP contribution in [0.25, 0.3) is 0 Å². The second-order valence-electron chi connectivity index (χ2n) is 5.40. The SMILES string of the molecule is CCCCCOC(CNC(C)C)c1ccc(OC)cc1. The summed E-state index contributed by atoms with van der Waals surface area (Å²) in [6, 6.07) is 8.63. The molecule has 1 rings (SSSR count). The molecule has 1 unspecified atom stereocenters. The fraction of sp³-hybridized carbons (Fsp3) is 0.647. The Hall–Kier alpha value is -1.06. The van der Waals surface area contributed by atoms with Gasteiger partial charge in [0.15, 0.2) is 0 Å². The molecule has 1 N–H and O–H groups in total. The summed E-state index contributed by atoms with van der Waals surface area (Å²) >= 11 is 0. The van der Waals surface area contributed by atoms with Crippen molar-refractivity contribution in [1.82, 2.24) is 5.32 Å². The molecule has 0 amide bonds. The number of unbranched alkanes of at least 4 members (excludes halogenated alkanes) is 2. The summed E-state index contributed by atoms with van der Waals surface area (Å²) in [5.41, 5.74) is 1.20. The van der Waals surface area contributed by atoms with E-state index in [0.717, 1.165) is 25.3 Å². The fourth-order valence-electron chi connectivity index (χ4n) is 2.01. The van der Waals surface area contributed by atoms with Crippen molar-refractivity contribution in [2.45, 2.75) is 52.2 Å². The number of methoxy groups -OCH3 is 1. The molecule has 0 heterocycles. The predicted octanol–water partition coefficient (Wildman–Crippen LogP) is 3.94. The van der Waals surface area contributed by atoms with Gasteiger partial charge in [-0.05, 0) is 24.1 Å². The summed E-state index contributed by atoms with van der Waals surface area (Å²) in [4.78, 5) is 0. The monoisotopic (exact) mass is 279 g/mol. The van der Waals surface area contributed by atoms with Crippen LogP contribution in [0.2, 0.25) is 0 Å². The normalized spacial score (nSPS) is 12.7. The fourth-order valence-corrected chi connectivity index (χ4v) is 2.01. The topological polar surface area (TPSA) is 30.5 Å². The Morgan fingerprint density at radius 1 is 1.10 bits per heavy atom. The highest BCUT2D eigenvalue weighted by Crippen LogP contribution is 2.21. The van der Waals surface area contributed by atoms with Crippen LogP contribution in [0.5, 0.6) is 5.75 Å². The summed E-state index contributed by atoms with van der Waals surface area (Å²) < 4.78 is 11.3. The molecule has 0 spiro atoms. The van der Waals surface area contributed by atoms with Crippen molar-refractivity contribution in [3.8, 4) is 5.75 Å². The minimum Gasteiger partial charge on any atom is -0.497 e. The maximum Gasteiger partial charge on any atom is 0.118 e. The van der Waals surface area contributed by atoms with Crippen LogP contribution in [0.3, 0.4) is 0 Å². The van der Waals surface area contributed by atoms with Crippen LogP contribution in [0, 0.1) is 0 Å². The Morgan fingerprint density at radius 2 is 1.80 bits per heavy atom. The zero-order chi connectivity index (χ0) is 14.8. The van der Waals surface area contributed by atoms with Gasteiger partial charge in [0.1, 0.15) is 5.75 Å². The van der Waals surface area contributed by atoms with Gasteiger partial charge in [0, 0.05) is 19.2 Å². The number of nitrogens with one attached hydrogen (secondary N) is 1. The first-order valence-corrected chi connectivity index (χ1v) is 7.66. The van der Waals surface area contributed by atoms with E-state index in [4.69, 9.17) is 9.47 Å². The summed E-state index contributed by atoms with van der Waals surface area (Å²) in [7, 11) is 1.69. The van der Waals surface area contributed by atoms with Crippen molar-refractivity contribution in [3.05, 3.63) is 29.8 Å². The van der Waals surface area contributed by atoms with E-state index < -0.39 is 0 Å². The average Bonchev–Trinajstić information content (AvgIpc) is 2.46. The number of benzene rings is 1. The van der Waals surface area contributed by atoms with Crippen molar-refractivity contribution in [3.63, 3.8) is 0 Å². The van der Waals surface area contributed by atoms with E-state index in [0.29, 0.717) is 6.04 Å². The third-order valence-corrected chi connectivity index (χ3v) is 3.27. The zero-order valence-corrected chi connectivity index (χ0v) is 13.3. The lowest BCUT2D eigenvalue weighted by Crippen LogP contribution is -2.29. The van der Waals surface area contributed by atoms with Gasteiger partial charge in [0.2, 0.25) is 0 Å². The lowest BCUT2D eigenvalue weighted by Gasteiger charge is -2.20. The van der Waals surface area contributed by atoms with E-state index in [1.54, 1.807) is 7.11 Å². The van der Waals surface area contributed by atoms with Crippen molar-refractivity contribution in [1.29, 1.82) is 0 Å². The summed E-state index contributed by atoms with van der Waals surface area (Å²) in [5, 5.41) is 3.46. The lowest BCUT2D eigenvalue weighted by atomic mass is 10.1. The molecule has 0 aromatic heterocycles.